The summed E-state index contributed by atoms with van der Waals surface area (Å²) < 4.78 is 22.5. The summed E-state index contributed by atoms with van der Waals surface area (Å²) in [5.41, 5.74) is 5.21. The van der Waals surface area contributed by atoms with Crippen LogP contribution in [0.15, 0.2) is 0 Å². The number of nitrogens with two attached hydrogens (primary N) is 1. The van der Waals surface area contributed by atoms with Gasteiger partial charge in [-0.05, 0) is 26.3 Å². The van der Waals surface area contributed by atoms with Crippen LogP contribution in [0.4, 0.5) is 0 Å². The number of hydrogen-bond donors (Lipinski definition) is 1. The van der Waals surface area contributed by atoms with Gasteiger partial charge >= 0.3 is 0 Å². The van der Waals surface area contributed by atoms with Crippen LogP contribution < -0.4 is 5.73 Å². The van der Waals surface area contributed by atoms with Gasteiger partial charge in [0.15, 0.2) is 9.84 Å². The Bertz CT molecular complexity index is 187. The van der Waals surface area contributed by atoms with E-state index in [1.165, 1.54) is 0 Å². The summed E-state index contributed by atoms with van der Waals surface area (Å²) in [7, 11) is -2.85. The van der Waals surface area contributed by atoms with Crippen LogP contribution in [0, 0.1) is 0 Å². The van der Waals surface area contributed by atoms with Crippen molar-refractivity contribution in [1.82, 2.24) is 0 Å². The molecule has 0 rings (SSSR count). The minimum absolute atomic E-state index is 0.214. The van der Waals surface area contributed by atoms with E-state index < -0.39 is 9.84 Å². The smallest absolute Gasteiger partial charge is 0.152 e. The highest BCUT2D eigenvalue weighted by atomic mass is 32.2. The van der Waals surface area contributed by atoms with Gasteiger partial charge in [-0.25, -0.2) is 8.42 Å². The van der Waals surface area contributed by atoms with Gasteiger partial charge in [0.2, 0.25) is 0 Å². The third kappa shape index (κ3) is 3.72. The van der Waals surface area contributed by atoms with E-state index in [9.17, 15) is 8.42 Å². The lowest BCUT2D eigenvalue weighted by atomic mass is 10.4. The second-order valence-electron chi connectivity index (χ2n) is 2.73. The molecule has 0 heterocycles. The van der Waals surface area contributed by atoms with E-state index in [-0.39, 0.29) is 11.0 Å². The van der Waals surface area contributed by atoms with Crippen LogP contribution >= 0.6 is 0 Å². The van der Waals surface area contributed by atoms with Crippen molar-refractivity contribution in [3.05, 3.63) is 0 Å². The van der Waals surface area contributed by atoms with E-state index in [2.05, 4.69) is 0 Å². The first-order chi connectivity index (χ1) is 5.04. The maximum absolute atomic E-state index is 11.3. The largest absolute Gasteiger partial charge is 0.330 e. The van der Waals surface area contributed by atoms with Gasteiger partial charge in [0.1, 0.15) is 0 Å². The summed E-state index contributed by atoms with van der Waals surface area (Å²) >= 11 is 0. The van der Waals surface area contributed by atoms with E-state index in [0.717, 1.165) is 0 Å². The third-order valence-electron chi connectivity index (χ3n) is 1.82. The molecule has 68 valence electrons. The van der Waals surface area contributed by atoms with Gasteiger partial charge in [0.25, 0.3) is 0 Å². The molecule has 0 aromatic carbocycles. The predicted octanol–water partition coefficient (Wildman–Crippen LogP) is 0.549. The molecule has 3 nitrogen and oxygen atoms in total. The molecular weight excluding hydrogens is 162 g/mol. The van der Waals surface area contributed by atoms with Crippen LogP contribution in [0.2, 0.25) is 0 Å². The zero-order valence-electron chi connectivity index (χ0n) is 7.21. The minimum atomic E-state index is -2.85. The molecule has 0 aromatic heterocycles. The van der Waals surface area contributed by atoms with Crippen molar-refractivity contribution < 1.29 is 8.42 Å². The fourth-order valence-electron chi connectivity index (χ4n) is 0.740. The fourth-order valence-corrected chi connectivity index (χ4v) is 2.22. The monoisotopic (exact) mass is 179 g/mol. The molecule has 4 heteroatoms. The predicted molar refractivity (Wildman–Crippen MR) is 47.2 cm³/mol. The van der Waals surface area contributed by atoms with Crippen molar-refractivity contribution in [1.29, 1.82) is 0 Å². The van der Waals surface area contributed by atoms with Gasteiger partial charge in [-0.1, -0.05) is 6.92 Å². The number of rotatable bonds is 5. The molecule has 0 spiro atoms. The van der Waals surface area contributed by atoms with E-state index in [4.69, 9.17) is 5.73 Å². The Labute approximate surface area is 68.9 Å². The van der Waals surface area contributed by atoms with E-state index in [1.807, 2.05) is 6.92 Å². The fraction of sp³-hybridized carbons (Fsp3) is 1.00. The van der Waals surface area contributed by atoms with Crippen molar-refractivity contribution in [2.45, 2.75) is 31.9 Å². The molecule has 1 atom stereocenters. The standard InChI is InChI=1S/C7H17NO2S/c1-3-7(2)11(9,10)6-4-5-8/h7H,3-6,8H2,1-2H3. The number of hydrogen-bond acceptors (Lipinski definition) is 3. The summed E-state index contributed by atoms with van der Waals surface area (Å²) in [4.78, 5) is 0. The highest BCUT2D eigenvalue weighted by Crippen LogP contribution is 2.06. The molecule has 0 fully saturated rings. The highest BCUT2D eigenvalue weighted by molar-refractivity contribution is 7.91. The maximum Gasteiger partial charge on any atom is 0.152 e. The quantitative estimate of drug-likeness (QED) is 0.670. The molecule has 1 unspecified atom stereocenters. The second kappa shape index (κ2) is 4.72. The van der Waals surface area contributed by atoms with Crippen LogP contribution in [0.3, 0.4) is 0 Å². The minimum Gasteiger partial charge on any atom is -0.330 e. The Morgan fingerprint density at radius 1 is 1.45 bits per heavy atom. The molecular formula is C7H17NO2S. The van der Waals surface area contributed by atoms with Gasteiger partial charge < -0.3 is 5.73 Å². The molecule has 0 saturated carbocycles. The molecule has 0 aliphatic carbocycles. The summed E-state index contributed by atoms with van der Waals surface area (Å²) in [5, 5.41) is -0.214. The van der Waals surface area contributed by atoms with Gasteiger partial charge in [0, 0.05) is 0 Å². The summed E-state index contributed by atoms with van der Waals surface area (Å²) in [6.07, 6.45) is 1.26. The average Bonchev–Trinajstić information content (AvgIpc) is 1.99. The van der Waals surface area contributed by atoms with E-state index in [0.29, 0.717) is 19.4 Å². The lowest BCUT2D eigenvalue weighted by Gasteiger charge is -2.08. The van der Waals surface area contributed by atoms with Crippen LogP contribution in [0.25, 0.3) is 0 Å². The van der Waals surface area contributed by atoms with Crippen LogP contribution in [-0.4, -0.2) is 26.0 Å². The van der Waals surface area contributed by atoms with E-state index >= 15 is 0 Å². The molecule has 0 amide bonds. The summed E-state index contributed by atoms with van der Waals surface area (Å²) in [5.74, 6) is 0.235. The van der Waals surface area contributed by atoms with Gasteiger partial charge in [-0.15, -0.1) is 0 Å². The van der Waals surface area contributed by atoms with Crippen molar-refractivity contribution in [3.8, 4) is 0 Å². The highest BCUT2D eigenvalue weighted by Gasteiger charge is 2.17. The van der Waals surface area contributed by atoms with Crippen LogP contribution in [0.5, 0.6) is 0 Å². The molecule has 0 aliphatic heterocycles. The molecule has 0 bridgehead atoms. The maximum atomic E-state index is 11.3. The normalized spacial score (nSPS) is 14.8. The SMILES string of the molecule is CCC(C)S(=O)(=O)CCCN. The first-order valence-corrected chi connectivity index (χ1v) is 5.67. The lowest BCUT2D eigenvalue weighted by molar-refractivity contribution is 0.578. The van der Waals surface area contributed by atoms with Crippen LogP contribution in [-0.2, 0) is 9.84 Å². The second-order valence-corrected chi connectivity index (χ2v) is 5.27. The van der Waals surface area contributed by atoms with Gasteiger partial charge in [-0.3, -0.25) is 0 Å². The van der Waals surface area contributed by atoms with Crippen molar-refractivity contribution in [2.24, 2.45) is 5.73 Å². The van der Waals surface area contributed by atoms with Crippen molar-refractivity contribution >= 4 is 9.84 Å². The van der Waals surface area contributed by atoms with Crippen molar-refractivity contribution in [2.75, 3.05) is 12.3 Å². The molecule has 11 heavy (non-hydrogen) atoms. The first-order valence-electron chi connectivity index (χ1n) is 3.96. The van der Waals surface area contributed by atoms with E-state index in [1.54, 1.807) is 6.92 Å². The molecule has 2 N–H and O–H groups in total. The first kappa shape index (κ1) is 10.9. The molecule has 0 aromatic rings. The topological polar surface area (TPSA) is 60.2 Å². The van der Waals surface area contributed by atoms with Crippen LogP contribution in [0.1, 0.15) is 26.7 Å². The Kier molecular flexibility index (Phi) is 4.68. The molecule has 0 saturated heterocycles. The Morgan fingerprint density at radius 2 is 2.00 bits per heavy atom. The molecule has 0 aliphatic rings. The Hall–Kier alpha value is -0.0900. The summed E-state index contributed by atoms with van der Waals surface area (Å²) in [6, 6.07) is 0. The molecule has 0 radical (unpaired) electrons. The average molecular weight is 179 g/mol. The lowest BCUT2D eigenvalue weighted by Crippen LogP contribution is -2.21. The Morgan fingerprint density at radius 3 is 2.36 bits per heavy atom. The Balaban J connectivity index is 4.01. The third-order valence-corrected chi connectivity index (χ3v) is 4.24. The summed E-state index contributed by atoms with van der Waals surface area (Å²) in [6.45, 7) is 4.08. The zero-order chi connectivity index (χ0) is 8.91. The van der Waals surface area contributed by atoms with Crippen molar-refractivity contribution in [3.63, 3.8) is 0 Å². The van der Waals surface area contributed by atoms with Gasteiger partial charge in [-0.2, -0.15) is 0 Å². The zero-order valence-corrected chi connectivity index (χ0v) is 8.02. The number of sulfone groups is 1. The van der Waals surface area contributed by atoms with Gasteiger partial charge in [0.05, 0.1) is 11.0 Å².